The molecule has 1 N–H and O–H groups in total. The summed E-state index contributed by atoms with van der Waals surface area (Å²) in [5.41, 5.74) is 0. The maximum Gasteiger partial charge on any atom is 0.222 e. The van der Waals surface area contributed by atoms with Crippen molar-refractivity contribution in [2.75, 3.05) is 19.0 Å². The molecule has 1 unspecified atom stereocenters. The number of ether oxygens (including phenoxy) is 2. The van der Waals surface area contributed by atoms with Crippen molar-refractivity contribution >= 4 is 11.7 Å². The van der Waals surface area contributed by atoms with Crippen molar-refractivity contribution in [2.24, 2.45) is 0 Å². The fourth-order valence-electron chi connectivity index (χ4n) is 1.21. The molecule has 0 aliphatic heterocycles. The van der Waals surface area contributed by atoms with Crippen LogP contribution in [0.1, 0.15) is 13.8 Å². The molecular weight excluding hydrogens is 208 g/mol. The van der Waals surface area contributed by atoms with E-state index >= 15 is 0 Å². The van der Waals surface area contributed by atoms with Crippen molar-refractivity contribution in [1.82, 2.24) is 4.98 Å². The number of hydrogen-bond donors (Lipinski definition) is 1. The highest BCUT2D eigenvalue weighted by molar-refractivity contribution is 5.87. The molecule has 0 spiro atoms. The number of pyridine rings is 1. The number of carbonyl (C=O) groups is 1. The Morgan fingerprint density at radius 3 is 2.81 bits per heavy atom. The van der Waals surface area contributed by atoms with E-state index in [1.165, 1.54) is 6.92 Å². The number of carbonyl (C=O) groups excluding carboxylic acids is 1. The van der Waals surface area contributed by atoms with Crippen molar-refractivity contribution in [3.63, 3.8) is 0 Å². The highest BCUT2D eigenvalue weighted by atomic mass is 16.5. The summed E-state index contributed by atoms with van der Waals surface area (Å²) in [7, 11) is 1.62. The van der Waals surface area contributed by atoms with E-state index in [2.05, 4.69) is 10.3 Å². The van der Waals surface area contributed by atoms with E-state index in [1.807, 2.05) is 6.92 Å². The first-order chi connectivity index (χ1) is 7.61. The van der Waals surface area contributed by atoms with Gasteiger partial charge in [-0.05, 0) is 19.1 Å². The van der Waals surface area contributed by atoms with Gasteiger partial charge >= 0.3 is 0 Å². The van der Waals surface area contributed by atoms with Gasteiger partial charge in [0.05, 0.1) is 12.8 Å². The molecule has 5 nitrogen and oxygen atoms in total. The van der Waals surface area contributed by atoms with Gasteiger partial charge in [0.1, 0.15) is 17.7 Å². The van der Waals surface area contributed by atoms with E-state index in [9.17, 15) is 4.79 Å². The van der Waals surface area contributed by atoms with E-state index < -0.39 is 0 Å². The molecule has 1 atom stereocenters. The van der Waals surface area contributed by atoms with Gasteiger partial charge in [-0.25, -0.2) is 4.98 Å². The number of nitrogens with one attached hydrogen (secondary N) is 1. The van der Waals surface area contributed by atoms with Gasteiger partial charge in [0.2, 0.25) is 5.91 Å². The minimum absolute atomic E-state index is 0.0292. The Morgan fingerprint density at radius 1 is 1.56 bits per heavy atom. The Balaban J connectivity index is 2.54. The van der Waals surface area contributed by atoms with Gasteiger partial charge in [-0.3, -0.25) is 4.79 Å². The van der Waals surface area contributed by atoms with Gasteiger partial charge < -0.3 is 14.8 Å². The first-order valence-electron chi connectivity index (χ1n) is 5.01. The van der Waals surface area contributed by atoms with Crippen molar-refractivity contribution < 1.29 is 14.3 Å². The Labute approximate surface area is 94.8 Å². The number of rotatable bonds is 5. The molecule has 0 fully saturated rings. The average Bonchev–Trinajstić information content (AvgIpc) is 2.20. The second kappa shape index (κ2) is 6.07. The number of aromatic nitrogens is 1. The summed E-state index contributed by atoms with van der Waals surface area (Å²) in [4.78, 5) is 14.8. The second-order valence-corrected chi connectivity index (χ2v) is 3.44. The second-order valence-electron chi connectivity index (χ2n) is 3.44. The molecule has 1 amide bonds. The lowest BCUT2D eigenvalue weighted by molar-refractivity contribution is -0.114. The van der Waals surface area contributed by atoms with Crippen LogP contribution in [-0.2, 0) is 9.53 Å². The smallest absolute Gasteiger partial charge is 0.222 e. The average molecular weight is 224 g/mol. The van der Waals surface area contributed by atoms with Gasteiger partial charge in [-0.2, -0.15) is 0 Å². The van der Waals surface area contributed by atoms with E-state index in [0.717, 1.165) is 0 Å². The summed E-state index contributed by atoms with van der Waals surface area (Å²) < 4.78 is 10.5. The fraction of sp³-hybridized carbons (Fsp3) is 0.455. The Hall–Kier alpha value is -1.62. The SMILES string of the molecule is COCC(C)Oc1ccc(NC(C)=O)nc1. The standard InChI is InChI=1S/C11H16N2O3/c1-8(7-15-3)16-10-4-5-11(12-6-10)13-9(2)14/h4-6,8H,7H2,1-3H3,(H,12,13,14). The first kappa shape index (κ1) is 12.4. The number of methoxy groups -OCH3 is 1. The third-order valence-electron chi connectivity index (χ3n) is 1.78. The van der Waals surface area contributed by atoms with Crippen LogP contribution in [0.2, 0.25) is 0 Å². The predicted octanol–water partition coefficient (Wildman–Crippen LogP) is 1.45. The molecule has 88 valence electrons. The van der Waals surface area contributed by atoms with Crippen LogP contribution in [0.4, 0.5) is 5.82 Å². The molecule has 1 aromatic rings. The van der Waals surface area contributed by atoms with Crippen LogP contribution in [0.25, 0.3) is 0 Å². The fourth-order valence-corrected chi connectivity index (χ4v) is 1.21. The largest absolute Gasteiger partial charge is 0.487 e. The number of anilines is 1. The number of hydrogen-bond acceptors (Lipinski definition) is 4. The third-order valence-corrected chi connectivity index (χ3v) is 1.78. The van der Waals surface area contributed by atoms with Gasteiger partial charge in [0.15, 0.2) is 0 Å². The highest BCUT2D eigenvalue weighted by Crippen LogP contribution is 2.13. The van der Waals surface area contributed by atoms with Crippen LogP contribution >= 0.6 is 0 Å². The molecule has 5 heteroatoms. The zero-order chi connectivity index (χ0) is 12.0. The van der Waals surface area contributed by atoms with E-state index in [-0.39, 0.29) is 12.0 Å². The van der Waals surface area contributed by atoms with Gasteiger partial charge in [-0.15, -0.1) is 0 Å². The molecule has 1 heterocycles. The molecule has 0 saturated carbocycles. The normalized spacial score (nSPS) is 11.9. The summed E-state index contributed by atoms with van der Waals surface area (Å²) in [6, 6.07) is 3.45. The monoisotopic (exact) mass is 224 g/mol. The summed E-state index contributed by atoms with van der Waals surface area (Å²) >= 11 is 0. The lowest BCUT2D eigenvalue weighted by Gasteiger charge is -2.13. The molecule has 1 rings (SSSR count). The van der Waals surface area contributed by atoms with Crippen LogP contribution in [0.5, 0.6) is 5.75 Å². The van der Waals surface area contributed by atoms with Crippen LogP contribution in [0, 0.1) is 0 Å². The Bertz CT molecular complexity index is 338. The molecule has 0 aliphatic rings. The van der Waals surface area contributed by atoms with Crippen LogP contribution in [-0.4, -0.2) is 30.7 Å². The van der Waals surface area contributed by atoms with E-state index in [0.29, 0.717) is 18.2 Å². The topological polar surface area (TPSA) is 60.5 Å². The predicted molar refractivity (Wildman–Crippen MR) is 60.5 cm³/mol. The Morgan fingerprint density at radius 2 is 2.31 bits per heavy atom. The zero-order valence-corrected chi connectivity index (χ0v) is 9.69. The molecule has 0 radical (unpaired) electrons. The first-order valence-corrected chi connectivity index (χ1v) is 5.01. The summed E-state index contributed by atoms with van der Waals surface area (Å²) in [5, 5.41) is 2.58. The number of nitrogens with zero attached hydrogens (tertiary/aromatic N) is 1. The Kier molecular flexibility index (Phi) is 4.72. The van der Waals surface area contributed by atoms with Crippen molar-refractivity contribution in [3.05, 3.63) is 18.3 Å². The maximum atomic E-state index is 10.8. The summed E-state index contributed by atoms with van der Waals surface area (Å²) in [6.45, 7) is 3.87. The van der Waals surface area contributed by atoms with Crippen molar-refractivity contribution in [1.29, 1.82) is 0 Å². The van der Waals surface area contributed by atoms with Gasteiger partial charge in [0.25, 0.3) is 0 Å². The molecule has 0 saturated heterocycles. The van der Waals surface area contributed by atoms with Crippen molar-refractivity contribution in [2.45, 2.75) is 20.0 Å². The quantitative estimate of drug-likeness (QED) is 0.822. The van der Waals surface area contributed by atoms with Crippen molar-refractivity contribution in [3.8, 4) is 5.75 Å². The summed E-state index contributed by atoms with van der Waals surface area (Å²) in [5.74, 6) is 1.02. The van der Waals surface area contributed by atoms with E-state index in [1.54, 1.807) is 25.4 Å². The summed E-state index contributed by atoms with van der Waals surface area (Å²) in [6.07, 6.45) is 1.54. The number of amides is 1. The van der Waals surface area contributed by atoms with E-state index in [4.69, 9.17) is 9.47 Å². The molecule has 0 aliphatic carbocycles. The minimum Gasteiger partial charge on any atom is -0.487 e. The lowest BCUT2D eigenvalue weighted by atomic mass is 10.4. The molecule has 16 heavy (non-hydrogen) atoms. The van der Waals surface area contributed by atoms with Crippen LogP contribution < -0.4 is 10.1 Å². The lowest BCUT2D eigenvalue weighted by Crippen LogP contribution is -2.18. The highest BCUT2D eigenvalue weighted by Gasteiger charge is 2.04. The third kappa shape index (κ3) is 4.27. The molecule has 0 aromatic carbocycles. The van der Waals surface area contributed by atoms with Crippen LogP contribution in [0.15, 0.2) is 18.3 Å². The molecule has 0 bridgehead atoms. The minimum atomic E-state index is -0.145. The maximum absolute atomic E-state index is 10.8. The van der Waals surface area contributed by atoms with Crippen LogP contribution in [0.3, 0.4) is 0 Å². The molecular formula is C11H16N2O3. The zero-order valence-electron chi connectivity index (χ0n) is 9.69. The van der Waals surface area contributed by atoms with Gasteiger partial charge in [-0.1, -0.05) is 0 Å². The van der Waals surface area contributed by atoms with Gasteiger partial charge in [0, 0.05) is 14.0 Å². The molecule has 1 aromatic heterocycles.